The van der Waals surface area contributed by atoms with Crippen molar-refractivity contribution >= 4 is 5.97 Å². The normalized spacial score (nSPS) is 23.5. The topological polar surface area (TPSA) is 78.1 Å². The molecule has 5 rings (SSSR count). The minimum absolute atomic E-state index is 0.0325. The highest BCUT2D eigenvalue weighted by molar-refractivity contribution is 5.89. The molecule has 1 aliphatic heterocycles. The zero-order chi connectivity index (χ0) is 22.8. The lowest BCUT2D eigenvalue weighted by atomic mass is 9.76. The maximum Gasteiger partial charge on any atom is 0.333 e. The summed E-state index contributed by atoms with van der Waals surface area (Å²) in [4.78, 5) is 17.9. The summed E-state index contributed by atoms with van der Waals surface area (Å²) in [5.74, 6) is -0.372. The summed E-state index contributed by atoms with van der Waals surface area (Å²) in [5.41, 5.74) is 12.6. The third-order valence-corrected chi connectivity index (χ3v) is 6.71. The molecule has 2 aliphatic rings. The summed E-state index contributed by atoms with van der Waals surface area (Å²) in [6.07, 6.45) is 2.35. The fraction of sp³-hybridized carbons (Fsp3) is 0.222. The number of carbonyl (C=O) groups is 1. The smallest absolute Gasteiger partial charge is 0.333 e. The molecule has 1 unspecified atom stereocenters. The molecule has 1 heterocycles. The number of azide groups is 1. The van der Waals surface area contributed by atoms with Crippen LogP contribution in [0.5, 0.6) is 0 Å². The van der Waals surface area contributed by atoms with Gasteiger partial charge in [0.15, 0.2) is 0 Å². The zero-order valence-electron chi connectivity index (χ0n) is 18.3. The first-order chi connectivity index (χ1) is 16.2. The molecule has 3 aromatic rings. The molecule has 1 saturated heterocycles. The lowest BCUT2D eigenvalue weighted by Gasteiger charge is -2.39. The lowest BCUT2D eigenvalue weighted by molar-refractivity contribution is -0.136. The Morgan fingerprint density at radius 2 is 1.42 bits per heavy atom. The molecule has 0 bridgehead atoms. The molecule has 1 aliphatic carbocycles. The predicted octanol–water partition coefficient (Wildman–Crippen LogP) is 5.21. The van der Waals surface area contributed by atoms with Crippen LogP contribution in [0.2, 0.25) is 0 Å². The minimum atomic E-state index is -0.621. The molecule has 6 heteroatoms. The summed E-state index contributed by atoms with van der Waals surface area (Å²) in [6, 6.07) is 30.7. The number of carbonyl (C=O) groups excluding carboxylic acids is 1. The number of rotatable bonds is 6. The minimum Gasteiger partial charge on any atom is -0.466 e. The van der Waals surface area contributed by atoms with Gasteiger partial charge in [0.05, 0.1) is 18.7 Å². The van der Waals surface area contributed by atoms with Crippen molar-refractivity contribution in [3.8, 4) is 0 Å². The second-order valence-corrected chi connectivity index (χ2v) is 8.36. The summed E-state index contributed by atoms with van der Waals surface area (Å²) >= 11 is 0. The number of nitrogens with zero attached hydrogens (tertiary/aromatic N) is 4. The Bertz CT molecular complexity index is 1120. The van der Waals surface area contributed by atoms with Crippen molar-refractivity contribution in [2.75, 3.05) is 7.11 Å². The molecule has 1 fully saturated rings. The number of esters is 1. The lowest BCUT2D eigenvalue weighted by Crippen LogP contribution is -2.40. The Labute approximate surface area is 192 Å². The first-order valence-electron chi connectivity index (χ1n) is 11.0. The van der Waals surface area contributed by atoms with Crippen molar-refractivity contribution in [1.82, 2.24) is 4.90 Å². The second kappa shape index (κ2) is 8.58. The molecule has 0 N–H and O–H groups in total. The van der Waals surface area contributed by atoms with Crippen molar-refractivity contribution in [1.29, 1.82) is 0 Å². The van der Waals surface area contributed by atoms with Crippen LogP contribution in [0, 0.1) is 0 Å². The molecule has 164 valence electrons. The maximum absolute atomic E-state index is 12.4. The molecular formula is C27H24N4O2. The van der Waals surface area contributed by atoms with E-state index in [4.69, 9.17) is 4.74 Å². The fourth-order valence-electron chi connectivity index (χ4n) is 5.37. The van der Waals surface area contributed by atoms with Gasteiger partial charge in [-0.1, -0.05) is 102 Å². The Hall–Kier alpha value is -3.86. The zero-order valence-corrected chi connectivity index (χ0v) is 18.3. The van der Waals surface area contributed by atoms with Gasteiger partial charge in [-0.25, -0.2) is 4.79 Å². The molecule has 33 heavy (non-hydrogen) atoms. The van der Waals surface area contributed by atoms with E-state index in [9.17, 15) is 10.3 Å². The van der Waals surface area contributed by atoms with Crippen LogP contribution >= 0.6 is 0 Å². The van der Waals surface area contributed by atoms with Crippen LogP contribution in [0.1, 0.15) is 23.1 Å². The third kappa shape index (κ3) is 3.41. The fourth-order valence-corrected chi connectivity index (χ4v) is 5.37. The summed E-state index contributed by atoms with van der Waals surface area (Å²) in [7, 11) is 1.38. The SMILES string of the molecule is COC(=O)C1=C[C@H]2[C@@H]([C@@H](N=[N+]=[N-])C1)N2C(c1ccccc1)(c1ccccc1)c1ccccc1. The van der Waals surface area contributed by atoms with Gasteiger partial charge in [0.1, 0.15) is 0 Å². The molecule has 0 aromatic heterocycles. The van der Waals surface area contributed by atoms with Gasteiger partial charge < -0.3 is 4.74 Å². The van der Waals surface area contributed by atoms with Gasteiger partial charge in [-0.3, -0.25) is 4.90 Å². The van der Waals surface area contributed by atoms with E-state index in [1.165, 1.54) is 7.11 Å². The first-order valence-corrected chi connectivity index (χ1v) is 11.0. The first kappa shape index (κ1) is 21.0. The van der Waals surface area contributed by atoms with Gasteiger partial charge in [0.25, 0.3) is 0 Å². The van der Waals surface area contributed by atoms with Crippen molar-refractivity contribution in [3.05, 3.63) is 130 Å². The highest BCUT2D eigenvalue weighted by Crippen LogP contribution is 2.55. The molecule has 0 amide bonds. The molecule has 0 spiro atoms. The Morgan fingerprint density at radius 1 is 0.939 bits per heavy atom. The molecule has 0 radical (unpaired) electrons. The quantitative estimate of drug-likeness (QED) is 0.133. The van der Waals surface area contributed by atoms with E-state index in [1.54, 1.807) is 0 Å². The van der Waals surface area contributed by atoms with E-state index in [1.807, 2.05) is 60.7 Å². The van der Waals surface area contributed by atoms with Crippen LogP contribution in [-0.2, 0) is 15.1 Å². The van der Waals surface area contributed by atoms with Crippen LogP contribution in [0.25, 0.3) is 10.4 Å². The number of fused-ring (bicyclic) bond motifs is 1. The largest absolute Gasteiger partial charge is 0.466 e. The number of hydrogen-bond donors (Lipinski definition) is 0. The Kier molecular flexibility index (Phi) is 5.47. The number of hydrogen-bond acceptors (Lipinski definition) is 4. The Balaban J connectivity index is 1.77. The monoisotopic (exact) mass is 436 g/mol. The van der Waals surface area contributed by atoms with Crippen molar-refractivity contribution in [2.24, 2.45) is 5.11 Å². The van der Waals surface area contributed by atoms with Gasteiger partial charge >= 0.3 is 5.97 Å². The average Bonchev–Trinajstić information content (AvgIpc) is 3.61. The van der Waals surface area contributed by atoms with E-state index in [2.05, 4.69) is 51.3 Å². The van der Waals surface area contributed by atoms with Gasteiger partial charge in [-0.2, -0.15) is 0 Å². The average molecular weight is 437 g/mol. The van der Waals surface area contributed by atoms with Crippen molar-refractivity contribution < 1.29 is 9.53 Å². The van der Waals surface area contributed by atoms with Crippen LogP contribution in [0.4, 0.5) is 0 Å². The molecular weight excluding hydrogens is 412 g/mol. The summed E-state index contributed by atoms with van der Waals surface area (Å²) in [5, 5.41) is 4.11. The highest BCUT2D eigenvalue weighted by atomic mass is 16.5. The van der Waals surface area contributed by atoms with E-state index in [-0.39, 0.29) is 24.1 Å². The summed E-state index contributed by atoms with van der Waals surface area (Å²) in [6.45, 7) is 0. The highest BCUT2D eigenvalue weighted by Gasteiger charge is 2.63. The van der Waals surface area contributed by atoms with Gasteiger partial charge in [0.2, 0.25) is 0 Å². The molecule has 4 atom stereocenters. The standard InChI is InChI=1S/C27H24N4O2/c1-33-26(32)19-17-23(29-30-28)25-24(18-19)31(25)27(20-11-5-2-6-12-20,21-13-7-3-8-14-21)22-15-9-4-10-16-22/h2-16,18,23-25H,17H2,1H3/t23-,24-,25+,31?/m0/s1. The number of benzene rings is 3. The molecule has 6 nitrogen and oxygen atoms in total. The maximum atomic E-state index is 12.4. The van der Waals surface area contributed by atoms with Crippen molar-refractivity contribution in [3.63, 3.8) is 0 Å². The van der Waals surface area contributed by atoms with Crippen LogP contribution in [0.15, 0.2) is 108 Å². The van der Waals surface area contributed by atoms with E-state index >= 15 is 0 Å². The number of methoxy groups -OCH3 is 1. The van der Waals surface area contributed by atoms with Gasteiger partial charge in [-0.15, -0.1) is 0 Å². The van der Waals surface area contributed by atoms with E-state index in [0.717, 1.165) is 16.7 Å². The van der Waals surface area contributed by atoms with Gasteiger partial charge in [0, 0.05) is 22.6 Å². The molecule has 0 saturated carbocycles. The Morgan fingerprint density at radius 3 is 1.85 bits per heavy atom. The number of ether oxygens (including phenoxy) is 1. The predicted molar refractivity (Wildman–Crippen MR) is 126 cm³/mol. The van der Waals surface area contributed by atoms with E-state index in [0.29, 0.717) is 12.0 Å². The summed E-state index contributed by atoms with van der Waals surface area (Å²) < 4.78 is 5.00. The van der Waals surface area contributed by atoms with Crippen LogP contribution in [0.3, 0.4) is 0 Å². The third-order valence-electron chi connectivity index (χ3n) is 6.71. The molecule has 3 aromatic carbocycles. The van der Waals surface area contributed by atoms with Crippen molar-refractivity contribution in [2.45, 2.75) is 30.1 Å². The second-order valence-electron chi connectivity index (χ2n) is 8.36. The van der Waals surface area contributed by atoms with Gasteiger partial charge in [-0.05, 0) is 28.6 Å². The van der Waals surface area contributed by atoms with Crippen LogP contribution < -0.4 is 0 Å². The van der Waals surface area contributed by atoms with Crippen LogP contribution in [-0.4, -0.2) is 36.1 Å². The van der Waals surface area contributed by atoms with E-state index < -0.39 is 5.54 Å².